The Hall–Kier alpha value is -3.22. The van der Waals surface area contributed by atoms with E-state index in [2.05, 4.69) is 5.32 Å². The largest absolute Gasteiger partial charge is 0.503 e. The molecule has 0 saturated carbocycles. The summed E-state index contributed by atoms with van der Waals surface area (Å²) < 4.78 is 26.8. The number of aryl methyl sites for hydroxylation is 1. The molecule has 2 amide bonds. The van der Waals surface area contributed by atoms with Gasteiger partial charge in [0.25, 0.3) is 11.8 Å². The van der Waals surface area contributed by atoms with Crippen molar-refractivity contribution >= 4 is 17.5 Å². The predicted molar refractivity (Wildman–Crippen MR) is 86.5 cm³/mol. The first-order valence-electron chi connectivity index (χ1n) is 7.43. The molecule has 1 aliphatic rings. The minimum Gasteiger partial charge on any atom is -0.503 e. The van der Waals surface area contributed by atoms with E-state index in [-0.39, 0.29) is 17.8 Å². The van der Waals surface area contributed by atoms with Gasteiger partial charge in [-0.1, -0.05) is 17.7 Å². The first-order valence-corrected chi connectivity index (χ1v) is 7.43. The van der Waals surface area contributed by atoms with Gasteiger partial charge in [0, 0.05) is 11.8 Å². The summed E-state index contributed by atoms with van der Waals surface area (Å²) >= 11 is 0. The molecule has 7 heteroatoms. The first-order chi connectivity index (χ1) is 11.8. The van der Waals surface area contributed by atoms with Gasteiger partial charge in [-0.25, -0.2) is 8.78 Å². The topological polar surface area (TPSA) is 69.6 Å². The van der Waals surface area contributed by atoms with Gasteiger partial charge in [-0.2, -0.15) is 0 Å². The van der Waals surface area contributed by atoms with Crippen molar-refractivity contribution in [2.75, 3.05) is 5.32 Å². The number of rotatable bonds is 4. The Bertz CT molecular complexity index is 869. The van der Waals surface area contributed by atoms with Crippen LogP contribution in [0.1, 0.15) is 11.1 Å². The molecule has 2 aromatic carbocycles. The zero-order valence-electron chi connectivity index (χ0n) is 13.2. The smallest absolute Gasteiger partial charge is 0.277 e. The molecule has 0 bridgehead atoms. The molecule has 0 fully saturated rings. The van der Waals surface area contributed by atoms with Gasteiger partial charge in [0.15, 0.2) is 17.4 Å². The van der Waals surface area contributed by atoms with Crippen LogP contribution in [0.25, 0.3) is 0 Å². The molecule has 5 nitrogen and oxygen atoms in total. The van der Waals surface area contributed by atoms with E-state index in [9.17, 15) is 18.4 Å². The van der Waals surface area contributed by atoms with Crippen molar-refractivity contribution < 1.29 is 23.5 Å². The second kappa shape index (κ2) is 6.35. The number of benzene rings is 2. The van der Waals surface area contributed by atoms with E-state index in [4.69, 9.17) is 5.11 Å². The fourth-order valence-electron chi connectivity index (χ4n) is 2.43. The van der Waals surface area contributed by atoms with Crippen LogP contribution in [-0.2, 0) is 16.1 Å². The zero-order valence-corrected chi connectivity index (χ0v) is 13.2. The SMILES string of the molecule is Cc1ccc(NC2=CC(=O)N(Cc3cc(F)c(O)c(F)c3)C2=O)cc1. The number of nitrogens with zero attached hydrogens (tertiary/aromatic N) is 1. The number of imide groups is 1. The van der Waals surface area contributed by atoms with Gasteiger partial charge in [-0.3, -0.25) is 14.5 Å². The molecule has 0 saturated heterocycles. The molecule has 3 rings (SSSR count). The van der Waals surface area contributed by atoms with E-state index in [1.165, 1.54) is 0 Å². The van der Waals surface area contributed by atoms with Crippen molar-refractivity contribution in [3.05, 3.63) is 70.9 Å². The van der Waals surface area contributed by atoms with Crippen LogP contribution in [0, 0.1) is 18.6 Å². The molecule has 0 unspecified atom stereocenters. The molecule has 25 heavy (non-hydrogen) atoms. The summed E-state index contributed by atoms with van der Waals surface area (Å²) in [5.74, 6) is -4.59. The average Bonchev–Trinajstić information content (AvgIpc) is 2.82. The summed E-state index contributed by atoms with van der Waals surface area (Å²) in [5, 5.41) is 12.0. The van der Waals surface area contributed by atoms with Crippen molar-refractivity contribution in [2.24, 2.45) is 0 Å². The van der Waals surface area contributed by atoms with Gasteiger partial charge >= 0.3 is 0 Å². The number of anilines is 1. The lowest BCUT2D eigenvalue weighted by Crippen LogP contribution is -2.31. The summed E-state index contributed by atoms with van der Waals surface area (Å²) in [6.45, 7) is 1.62. The van der Waals surface area contributed by atoms with Crippen LogP contribution in [0.2, 0.25) is 0 Å². The monoisotopic (exact) mass is 344 g/mol. The van der Waals surface area contributed by atoms with Gasteiger partial charge in [0.05, 0.1) is 6.54 Å². The molecule has 0 atom stereocenters. The molecular weight excluding hydrogens is 330 g/mol. The van der Waals surface area contributed by atoms with E-state index in [0.717, 1.165) is 28.7 Å². The van der Waals surface area contributed by atoms with Gasteiger partial charge < -0.3 is 10.4 Å². The summed E-state index contributed by atoms with van der Waals surface area (Å²) in [4.78, 5) is 25.3. The van der Waals surface area contributed by atoms with E-state index in [1.54, 1.807) is 12.1 Å². The molecule has 2 N–H and O–H groups in total. The fraction of sp³-hybridized carbons (Fsp3) is 0.111. The first kappa shape index (κ1) is 16.6. The second-order valence-electron chi connectivity index (χ2n) is 5.69. The van der Waals surface area contributed by atoms with Crippen LogP contribution in [0.15, 0.2) is 48.2 Å². The summed E-state index contributed by atoms with van der Waals surface area (Å²) in [7, 11) is 0. The van der Waals surface area contributed by atoms with Crippen LogP contribution >= 0.6 is 0 Å². The van der Waals surface area contributed by atoms with Crippen LogP contribution in [0.4, 0.5) is 14.5 Å². The Balaban J connectivity index is 1.76. The van der Waals surface area contributed by atoms with Crippen molar-refractivity contribution in [3.8, 4) is 5.75 Å². The number of carbonyl (C=O) groups excluding carboxylic acids is 2. The summed E-state index contributed by atoms with van der Waals surface area (Å²) in [6, 6.07) is 8.99. The third-order valence-corrected chi connectivity index (χ3v) is 3.76. The van der Waals surface area contributed by atoms with Crippen molar-refractivity contribution in [3.63, 3.8) is 0 Å². The summed E-state index contributed by atoms with van der Waals surface area (Å²) in [6.07, 6.45) is 1.13. The van der Waals surface area contributed by atoms with E-state index in [0.29, 0.717) is 5.69 Å². The maximum absolute atomic E-state index is 13.4. The van der Waals surface area contributed by atoms with Crippen LogP contribution in [-0.4, -0.2) is 21.8 Å². The number of carbonyl (C=O) groups is 2. The zero-order chi connectivity index (χ0) is 18.1. The molecule has 0 aliphatic carbocycles. The van der Waals surface area contributed by atoms with Crippen molar-refractivity contribution in [2.45, 2.75) is 13.5 Å². The molecular formula is C18H14F2N2O3. The highest BCUT2D eigenvalue weighted by Crippen LogP contribution is 2.24. The predicted octanol–water partition coefficient (Wildman–Crippen LogP) is 2.84. The molecule has 2 aromatic rings. The number of hydrogen-bond donors (Lipinski definition) is 2. The lowest BCUT2D eigenvalue weighted by atomic mass is 10.2. The number of nitrogens with one attached hydrogen (secondary N) is 1. The third kappa shape index (κ3) is 3.35. The fourth-order valence-corrected chi connectivity index (χ4v) is 2.43. The minimum absolute atomic E-state index is 0.0551. The molecule has 128 valence electrons. The van der Waals surface area contributed by atoms with E-state index in [1.807, 2.05) is 19.1 Å². The number of halogens is 2. The van der Waals surface area contributed by atoms with Gasteiger partial charge in [-0.15, -0.1) is 0 Å². The van der Waals surface area contributed by atoms with Crippen molar-refractivity contribution in [1.82, 2.24) is 4.90 Å². The highest BCUT2D eigenvalue weighted by atomic mass is 19.1. The Labute approximate surface area is 142 Å². The van der Waals surface area contributed by atoms with Crippen molar-refractivity contribution in [1.29, 1.82) is 0 Å². The molecule has 0 spiro atoms. The molecule has 1 heterocycles. The lowest BCUT2D eigenvalue weighted by molar-refractivity contribution is -0.137. The quantitative estimate of drug-likeness (QED) is 0.837. The Morgan fingerprint density at radius 1 is 1.08 bits per heavy atom. The summed E-state index contributed by atoms with van der Waals surface area (Å²) in [5.41, 5.74) is 1.82. The molecule has 0 radical (unpaired) electrons. The lowest BCUT2D eigenvalue weighted by Gasteiger charge is -2.16. The van der Waals surface area contributed by atoms with E-state index < -0.39 is 29.2 Å². The number of phenolic OH excluding ortho intramolecular Hbond substituents is 1. The number of aromatic hydroxyl groups is 1. The van der Waals surface area contributed by atoms with Gasteiger partial charge in [-0.05, 0) is 36.8 Å². The standard InChI is InChI=1S/C18H14F2N2O3/c1-10-2-4-12(5-3-10)21-15-8-16(23)22(18(15)25)9-11-6-13(19)17(24)14(20)7-11/h2-8,21,24H,9H2,1H3. The Kier molecular flexibility index (Phi) is 4.22. The van der Waals surface area contributed by atoms with Crippen LogP contribution in [0.3, 0.4) is 0 Å². The maximum Gasteiger partial charge on any atom is 0.277 e. The Morgan fingerprint density at radius 3 is 2.28 bits per heavy atom. The highest BCUT2D eigenvalue weighted by molar-refractivity contribution is 6.17. The Morgan fingerprint density at radius 2 is 1.68 bits per heavy atom. The van der Waals surface area contributed by atoms with E-state index >= 15 is 0 Å². The average molecular weight is 344 g/mol. The molecule has 0 aromatic heterocycles. The highest BCUT2D eigenvalue weighted by Gasteiger charge is 2.31. The third-order valence-electron chi connectivity index (χ3n) is 3.76. The second-order valence-corrected chi connectivity index (χ2v) is 5.69. The normalized spacial score (nSPS) is 14.0. The number of amides is 2. The molecule has 1 aliphatic heterocycles. The van der Waals surface area contributed by atoms with Gasteiger partial charge in [0.2, 0.25) is 0 Å². The van der Waals surface area contributed by atoms with Gasteiger partial charge in [0.1, 0.15) is 5.70 Å². The minimum atomic E-state index is -1.15. The maximum atomic E-state index is 13.4. The van der Waals surface area contributed by atoms with Crippen LogP contribution in [0.5, 0.6) is 5.75 Å². The number of hydrogen-bond acceptors (Lipinski definition) is 4. The number of phenols is 1. The van der Waals surface area contributed by atoms with Crippen LogP contribution < -0.4 is 5.32 Å².